The first-order chi connectivity index (χ1) is 48.4. The summed E-state index contributed by atoms with van der Waals surface area (Å²) in [7, 11) is 0. The molecule has 20 atom stereocenters. The topological polar surface area (TPSA) is 309 Å². The third-order valence-corrected chi connectivity index (χ3v) is 29.7. The molecular weight excluding hydrogens is 1760 g/mol. The number of carbonyl (C=O) groups excluding carboxylic acids is 5. The van der Waals surface area contributed by atoms with Crippen LogP contribution in [0.1, 0.15) is 39.0 Å². The fourth-order valence-electron chi connectivity index (χ4n) is 12.1. The summed E-state index contributed by atoms with van der Waals surface area (Å²) in [6.45, 7) is 37.0. The van der Waals surface area contributed by atoms with Gasteiger partial charge in [0.15, 0.2) is 12.5 Å². The molecule has 105 heavy (non-hydrogen) atoms. The van der Waals surface area contributed by atoms with E-state index < -0.39 is 76.6 Å². The van der Waals surface area contributed by atoms with Crippen molar-refractivity contribution < 1.29 is 73.2 Å². The summed E-state index contributed by atoms with van der Waals surface area (Å²) in [4.78, 5) is 64.8. The number of hydrogen-bond acceptors (Lipinski definition) is 20. The van der Waals surface area contributed by atoms with Crippen LogP contribution in [-0.4, -0.2) is 319 Å². The third kappa shape index (κ3) is 26.9. The number of alkyl halides is 4. The van der Waals surface area contributed by atoms with E-state index >= 15 is 0 Å². The molecule has 0 aromatic carbocycles. The zero-order valence-corrected chi connectivity index (χ0v) is 73.4. The van der Waals surface area contributed by atoms with Crippen LogP contribution in [0.25, 0.3) is 0 Å². The molecule has 0 unspecified atom stereocenters. The normalized spacial score (nSPS) is 33.4. The molecule has 590 valence electrons. The van der Waals surface area contributed by atoms with Crippen molar-refractivity contribution in [3.63, 3.8) is 0 Å². The maximum absolute atomic E-state index is 11.3. The van der Waals surface area contributed by atoms with Crippen molar-refractivity contribution in [2.45, 2.75) is 149 Å². The van der Waals surface area contributed by atoms with E-state index in [4.69, 9.17) is 35.3 Å². The Kier molecular flexibility index (Phi) is 33.4. The van der Waals surface area contributed by atoms with Gasteiger partial charge in [-0.15, -0.1) is 77.5 Å². The summed E-state index contributed by atoms with van der Waals surface area (Å²) in [5.74, 6) is 1.21. The minimum Gasteiger partial charge on any atom is -0.390 e. The first-order valence-electron chi connectivity index (χ1n) is 34.4. The van der Waals surface area contributed by atoms with Gasteiger partial charge >= 0.3 is 0 Å². The molecule has 5 amide bonds. The molecule has 10 heterocycles. The number of aliphatic hydroxyl groups excluding tert-OH is 5. The van der Waals surface area contributed by atoms with Gasteiger partial charge in [0.2, 0.25) is 0 Å². The SMILES string of the molecule is C=C1NC(=O)C=CN1[C@@H]1O[C@H](CCP(=C)(C)C)[C@@H](O)[C@H]1Br.C=C1NC(=O)C=CN1[C@@H]1O[C@H](CCP(=C)(C)C)[C@@H](O)[C@H]1C.C=C1NC(=O)C=CN1[C@@H]1O[C@H](CCP(=C)(C)C)[C@@H](O)[C@H]1Cl.C=C1NC(=O)C=CN1[C@@H]1O[C@H](CCP(=C)(C)C)[C@@H](O)[C@H]1I.C=C1NC(=O)C=CN1[C@@H]1O[C@H](CCP(=C)(C)C)[C@@H](O)[C@H]1I. The summed E-state index contributed by atoms with van der Waals surface area (Å²) in [5.41, 5.74) is 0. The minimum atomic E-state index is -1.17. The highest BCUT2D eigenvalue weighted by molar-refractivity contribution is 14.1. The van der Waals surface area contributed by atoms with Crippen molar-refractivity contribution in [2.75, 3.05) is 97.5 Å². The number of rotatable bonds is 20. The van der Waals surface area contributed by atoms with Crippen LogP contribution >= 0.6 is 107 Å². The van der Waals surface area contributed by atoms with Crippen molar-refractivity contribution in [3.8, 4) is 0 Å². The quantitative estimate of drug-likeness (QED) is 0.0351. The molecule has 34 heteroatoms. The largest absolute Gasteiger partial charge is 0.390 e. The van der Waals surface area contributed by atoms with Gasteiger partial charge in [0, 0.05) is 67.3 Å². The lowest BCUT2D eigenvalue weighted by Gasteiger charge is -2.33. The lowest BCUT2D eigenvalue weighted by atomic mass is 10.00. The van der Waals surface area contributed by atoms with Crippen molar-refractivity contribution in [3.05, 3.63) is 123 Å². The Hall–Kier alpha value is -2.92. The Balaban J connectivity index is 0.000000206. The van der Waals surface area contributed by atoms with E-state index in [2.05, 4.69) is 219 Å². The zero-order chi connectivity index (χ0) is 78.9. The van der Waals surface area contributed by atoms with Crippen LogP contribution in [0.4, 0.5) is 0 Å². The summed E-state index contributed by atoms with van der Waals surface area (Å²) in [6, 6.07) is 0. The first-order valence-corrected chi connectivity index (χ1v) is 53.5. The molecule has 10 aliphatic heterocycles. The van der Waals surface area contributed by atoms with E-state index in [0.717, 1.165) is 62.9 Å². The highest BCUT2D eigenvalue weighted by atomic mass is 127. The van der Waals surface area contributed by atoms with Crippen molar-refractivity contribution >= 4 is 168 Å². The molecule has 25 nitrogen and oxygen atoms in total. The molecule has 10 N–H and O–H groups in total. The molecule has 0 bridgehead atoms. The van der Waals surface area contributed by atoms with Gasteiger partial charge in [-0.05, 0) is 130 Å². The molecule has 0 spiro atoms. The van der Waals surface area contributed by atoms with E-state index in [1.807, 2.05) is 6.92 Å². The predicted octanol–water partition coefficient (Wildman–Crippen LogP) is 6.56. The molecule has 10 aliphatic rings. The second-order valence-corrected chi connectivity index (χ2v) is 57.0. The molecule has 0 radical (unpaired) electrons. The second-order valence-electron chi connectivity index (χ2n) is 31.0. The van der Waals surface area contributed by atoms with Crippen LogP contribution in [0, 0.1) is 5.92 Å². The smallest absolute Gasteiger partial charge is 0.250 e. The molecule has 10 rings (SSSR count). The number of hydrogen-bond donors (Lipinski definition) is 10. The van der Waals surface area contributed by atoms with Gasteiger partial charge in [0.05, 0.1) is 67.6 Å². The standard InChI is InChI=1S/C15H25N2O3P.C14H22BrN2O3P.C14H22ClN2O3P.2C14H22IN2O3P/c1-10-14(19)12(7-9-21(3,4)5)20-15(10)17-8-6-13(18)16-11(17)2;4*1-9-16-11(18)5-7-17(9)14-12(15)13(19)10(20-14)6-8-21(2,3)4/h6,8,10,12,14-15,19H,2-3,7,9H2,1,4-5H3,(H,16,18);4*5,7,10,12-14,19H,1-2,6,8H2,3-4H3,(H,16,18)/t10-,12-,14+,15-;4*10-,12-,13-,14-/m11111/s1. The fraction of sp³-hybridized carbons (Fsp3) is 0.577. The Morgan fingerprint density at radius 2 is 0.610 bits per heavy atom. The maximum atomic E-state index is 11.3. The maximum Gasteiger partial charge on any atom is 0.250 e. The lowest BCUT2D eigenvalue weighted by Crippen LogP contribution is -2.44. The van der Waals surface area contributed by atoms with E-state index in [0.29, 0.717) is 29.1 Å². The van der Waals surface area contributed by atoms with Crippen LogP contribution in [0.15, 0.2) is 123 Å². The van der Waals surface area contributed by atoms with Gasteiger partial charge in [-0.2, -0.15) is 0 Å². The molecule has 5 saturated heterocycles. The number of nitrogens with zero attached hydrogens (tertiary/aromatic N) is 5. The van der Waals surface area contributed by atoms with Crippen molar-refractivity contribution in [2.24, 2.45) is 5.92 Å². The molecule has 0 aromatic heterocycles. The van der Waals surface area contributed by atoms with Crippen molar-refractivity contribution in [1.82, 2.24) is 51.1 Å². The Labute approximate surface area is 663 Å². The van der Waals surface area contributed by atoms with Crippen LogP contribution in [0.5, 0.6) is 0 Å². The Morgan fingerprint density at radius 1 is 0.390 bits per heavy atom. The average molecular weight is 1870 g/mol. The van der Waals surface area contributed by atoms with Gasteiger partial charge in [-0.25, -0.2) is 0 Å². The lowest BCUT2D eigenvalue weighted by molar-refractivity contribution is -0.118. The minimum absolute atomic E-state index is 0.0577. The Bertz CT molecular complexity index is 3120. The van der Waals surface area contributed by atoms with Gasteiger partial charge in [0.25, 0.3) is 29.5 Å². The molecule has 0 aliphatic carbocycles. The number of carbonyl (C=O) groups is 5. The third-order valence-electron chi connectivity index (χ3n) is 18.2. The number of amides is 5. The van der Waals surface area contributed by atoms with E-state index in [1.54, 1.807) is 55.5 Å². The van der Waals surface area contributed by atoms with E-state index in [9.17, 15) is 49.5 Å². The number of halogens is 4. The number of ether oxygens (including phenoxy) is 5. The van der Waals surface area contributed by atoms with E-state index in [-0.39, 0.29) is 104 Å². The van der Waals surface area contributed by atoms with Crippen LogP contribution < -0.4 is 26.6 Å². The molecule has 0 aromatic rings. The van der Waals surface area contributed by atoms with Gasteiger partial charge < -0.3 is 100 Å². The van der Waals surface area contributed by atoms with Crippen LogP contribution in [-0.2, 0) is 47.7 Å². The zero-order valence-electron chi connectivity index (χ0n) is 62.3. The molecule has 5 fully saturated rings. The summed E-state index contributed by atoms with van der Waals surface area (Å²) < 4.78 is 29.8. The van der Waals surface area contributed by atoms with Crippen LogP contribution in [0.3, 0.4) is 0 Å². The summed E-state index contributed by atoms with van der Waals surface area (Å²) >= 11 is 14.2. The van der Waals surface area contributed by atoms with Crippen molar-refractivity contribution in [1.29, 1.82) is 0 Å². The predicted molar refractivity (Wildman–Crippen MR) is 459 cm³/mol. The fourth-order valence-corrected chi connectivity index (χ4v) is 19.9. The van der Waals surface area contributed by atoms with Gasteiger partial charge in [0.1, 0.15) is 59.3 Å². The Morgan fingerprint density at radius 3 is 0.895 bits per heavy atom. The number of aliphatic hydroxyl groups is 5. The first kappa shape index (κ1) is 91.0. The second kappa shape index (κ2) is 38.5. The van der Waals surface area contributed by atoms with Crippen LogP contribution in [0.2, 0.25) is 0 Å². The monoisotopic (exact) mass is 1870 g/mol. The summed E-state index contributed by atoms with van der Waals surface area (Å²) in [6.07, 6.45) is 39.1. The van der Waals surface area contributed by atoms with E-state index in [1.165, 1.54) is 30.4 Å². The average Bonchev–Trinajstić information content (AvgIpc) is 1.70. The molecular formula is C71H113BrClI2N10O15P5. The highest BCUT2D eigenvalue weighted by Crippen LogP contribution is 2.45. The van der Waals surface area contributed by atoms with Gasteiger partial charge in [-0.1, -0.05) is 101 Å². The highest BCUT2D eigenvalue weighted by Gasteiger charge is 2.50. The van der Waals surface area contributed by atoms with Gasteiger partial charge in [-0.3, -0.25) is 24.0 Å². The molecule has 0 saturated carbocycles. The number of nitrogens with one attached hydrogen (secondary N) is 5. The summed E-state index contributed by atoms with van der Waals surface area (Å²) in [5, 5.41) is 64.4.